The van der Waals surface area contributed by atoms with Gasteiger partial charge < -0.3 is 4.74 Å². The van der Waals surface area contributed by atoms with Crippen LogP contribution in [-0.4, -0.2) is 27.2 Å². The molecule has 0 bridgehead atoms. The summed E-state index contributed by atoms with van der Waals surface area (Å²) >= 11 is 0. The fourth-order valence-electron chi connectivity index (χ4n) is 6.92. The molecule has 0 aromatic rings. The van der Waals surface area contributed by atoms with E-state index >= 15 is 0 Å². The minimum Gasteiger partial charge on any atom is -0.469 e. The molecule has 0 aromatic heterocycles. The van der Waals surface area contributed by atoms with Gasteiger partial charge in [0.25, 0.3) is 0 Å². The smallest absolute Gasteiger partial charge is 0.312 e. The molecule has 6 saturated carbocycles. The lowest BCUT2D eigenvalue weighted by Gasteiger charge is -3.10. The van der Waals surface area contributed by atoms with Crippen molar-refractivity contribution in [2.45, 2.75) is 0 Å². The van der Waals surface area contributed by atoms with Gasteiger partial charge >= 0.3 is 5.97 Å². The number of carbonyl (C=O) groups is 1. The maximum atomic E-state index is 11.8. The minimum atomic E-state index is -3.41. The number of halogens is 1. The summed E-state index contributed by atoms with van der Waals surface area (Å²) in [5.74, 6) is 2.71. The Hall–Kier alpha value is -0.290. The van der Waals surface area contributed by atoms with Gasteiger partial charge in [0.1, 0.15) is 0 Å². The molecule has 0 aliphatic heterocycles. The molecule has 0 heterocycles. The predicted molar refractivity (Wildman–Crippen MR) is 57.5 cm³/mol. The lowest BCUT2D eigenvalue weighted by Crippen LogP contribution is -3.11. The number of hydrogen-bond acceptors (Lipinski definition) is 4. The van der Waals surface area contributed by atoms with Crippen molar-refractivity contribution in [3.8, 4) is 0 Å². The molecule has 0 spiro atoms. The quantitative estimate of drug-likeness (QED) is 0.554. The monoisotopic (exact) mass is 274 g/mol. The second-order valence-corrected chi connectivity index (χ2v) is 9.15. The van der Waals surface area contributed by atoms with Gasteiger partial charge in [0, 0.05) is 10.7 Å². The second kappa shape index (κ2) is 2.05. The van der Waals surface area contributed by atoms with E-state index < -0.39 is 9.05 Å². The first-order valence-electron chi connectivity index (χ1n) is 5.93. The van der Waals surface area contributed by atoms with Crippen LogP contribution >= 0.6 is 10.7 Å². The highest BCUT2D eigenvalue weighted by molar-refractivity contribution is 8.13. The highest BCUT2D eigenvalue weighted by Crippen LogP contribution is 3.10. The summed E-state index contributed by atoms with van der Waals surface area (Å²) in [5, 5.41) is 0. The summed E-state index contributed by atoms with van der Waals surface area (Å²) in [6.45, 7) is 0. The number of rotatable bonds is 3. The zero-order chi connectivity index (χ0) is 12.0. The molecule has 4 nitrogen and oxygen atoms in total. The number of esters is 1. The molecule has 0 aromatic carbocycles. The highest BCUT2D eigenvalue weighted by atomic mass is 35.7. The third kappa shape index (κ3) is 0.543. The van der Waals surface area contributed by atoms with Crippen LogP contribution in [0.25, 0.3) is 0 Å². The molecule has 0 saturated heterocycles. The van der Waals surface area contributed by atoms with Crippen LogP contribution < -0.4 is 0 Å². The summed E-state index contributed by atoms with van der Waals surface area (Å²) in [5.41, 5.74) is -0.192. The largest absolute Gasteiger partial charge is 0.469 e. The maximum Gasteiger partial charge on any atom is 0.312 e. The molecule has 6 aliphatic carbocycles. The van der Waals surface area contributed by atoms with Gasteiger partial charge in [-0.25, -0.2) is 8.42 Å². The fraction of sp³-hybridized carbons (Fsp3) is 0.909. The average Bonchev–Trinajstić information content (AvgIpc) is 2.26. The minimum absolute atomic E-state index is 0.0175. The number of hydrogen-bond donors (Lipinski definition) is 0. The van der Waals surface area contributed by atoms with Crippen molar-refractivity contribution in [3.05, 3.63) is 0 Å². The van der Waals surface area contributed by atoms with Crippen LogP contribution in [0.4, 0.5) is 0 Å². The molecule has 6 fully saturated rings. The van der Waals surface area contributed by atoms with Crippen molar-refractivity contribution >= 4 is 25.7 Å². The lowest BCUT2D eigenvalue weighted by molar-refractivity contribution is -0.637. The maximum absolute atomic E-state index is 11.8. The van der Waals surface area contributed by atoms with Gasteiger partial charge in [0.15, 0.2) is 0 Å². The number of ether oxygens (including phenoxy) is 1. The molecule has 6 aliphatic rings. The Morgan fingerprint density at radius 2 is 1.65 bits per heavy atom. The molecule has 0 N–H and O–H groups in total. The van der Waals surface area contributed by atoms with Gasteiger partial charge in [-0.15, -0.1) is 0 Å². The second-order valence-electron chi connectivity index (χ2n) is 6.37. The van der Waals surface area contributed by atoms with E-state index in [1.165, 1.54) is 7.11 Å². The summed E-state index contributed by atoms with van der Waals surface area (Å²) in [6, 6.07) is 0. The number of carbonyl (C=O) groups excluding carboxylic acids is 1. The van der Waals surface area contributed by atoms with Crippen molar-refractivity contribution in [2.75, 3.05) is 12.9 Å². The Labute approximate surface area is 103 Å². The van der Waals surface area contributed by atoms with E-state index in [2.05, 4.69) is 0 Å². The van der Waals surface area contributed by atoms with Gasteiger partial charge in [-0.2, -0.15) is 0 Å². The molecular weight excluding hydrogens is 264 g/mol. The zero-order valence-corrected chi connectivity index (χ0v) is 10.7. The van der Waals surface area contributed by atoms with Crippen molar-refractivity contribution in [1.82, 2.24) is 0 Å². The van der Waals surface area contributed by atoms with E-state index in [0.717, 1.165) is 0 Å². The third-order valence-corrected chi connectivity index (χ3v) is 7.97. The third-order valence-electron chi connectivity index (χ3n) is 6.80. The first-order valence-corrected chi connectivity index (χ1v) is 8.41. The van der Waals surface area contributed by atoms with Crippen molar-refractivity contribution in [1.29, 1.82) is 0 Å². The SMILES string of the molecule is COC(=O)C12C3C4C1C1C2C3C41CS(=O)(=O)Cl. The van der Waals surface area contributed by atoms with Crippen LogP contribution in [0.1, 0.15) is 0 Å². The molecule has 0 unspecified atom stereocenters. The van der Waals surface area contributed by atoms with E-state index in [1.54, 1.807) is 0 Å². The van der Waals surface area contributed by atoms with E-state index in [4.69, 9.17) is 15.4 Å². The highest BCUT2D eigenvalue weighted by Gasteiger charge is 3.11. The molecule has 17 heavy (non-hydrogen) atoms. The van der Waals surface area contributed by atoms with E-state index in [1.807, 2.05) is 0 Å². The van der Waals surface area contributed by atoms with Gasteiger partial charge in [0.2, 0.25) is 9.05 Å². The predicted octanol–water partition coefficient (Wildman–Crippen LogP) is 0.466. The Bertz CT molecular complexity index is 541. The molecule has 0 atom stereocenters. The fourth-order valence-corrected chi connectivity index (χ4v) is 8.66. The van der Waals surface area contributed by atoms with Crippen LogP contribution in [0.15, 0.2) is 0 Å². The van der Waals surface area contributed by atoms with Gasteiger partial charge in [0.05, 0.1) is 18.3 Å². The molecule has 6 rings (SSSR count). The van der Waals surface area contributed by atoms with Crippen LogP contribution in [-0.2, 0) is 18.6 Å². The Kier molecular flexibility index (Phi) is 1.16. The van der Waals surface area contributed by atoms with Crippen LogP contribution in [0, 0.1) is 46.3 Å². The Morgan fingerprint density at radius 3 is 2.00 bits per heavy atom. The summed E-state index contributed by atoms with van der Waals surface area (Å²) in [6.07, 6.45) is 0. The first kappa shape index (κ1) is 9.62. The van der Waals surface area contributed by atoms with Crippen molar-refractivity contribution in [3.63, 3.8) is 0 Å². The molecule has 6 heteroatoms. The molecular formula is C11H11ClO4S. The Morgan fingerprint density at radius 1 is 1.18 bits per heavy atom. The van der Waals surface area contributed by atoms with Crippen LogP contribution in [0.5, 0.6) is 0 Å². The van der Waals surface area contributed by atoms with Crippen molar-refractivity contribution < 1.29 is 17.9 Å². The Balaban J connectivity index is 1.50. The van der Waals surface area contributed by atoms with Crippen LogP contribution in [0.3, 0.4) is 0 Å². The van der Waals surface area contributed by atoms with E-state index in [0.29, 0.717) is 35.5 Å². The summed E-state index contributed by atoms with van der Waals surface area (Å²) < 4.78 is 27.4. The normalized spacial score (nSPS) is 66.5. The van der Waals surface area contributed by atoms with E-state index in [9.17, 15) is 13.2 Å². The van der Waals surface area contributed by atoms with Gasteiger partial charge in [-0.3, -0.25) is 4.79 Å². The summed E-state index contributed by atoms with van der Waals surface area (Å²) in [7, 11) is 3.43. The zero-order valence-electron chi connectivity index (χ0n) is 9.09. The summed E-state index contributed by atoms with van der Waals surface area (Å²) in [4.78, 5) is 11.8. The van der Waals surface area contributed by atoms with Crippen molar-refractivity contribution in [2.24, 2.45) is 46.3 Å². The lowest BCUT2D eigenvalue weighted by atomic mass is 8.92. The van der Waals surface area contributed by atoms with Gasteiger partial charge in [-0.05, 0) is 40.9 Å². The standard InChI is InChI=1S/C11H11ClO4S/c1-16-9(13)11-6-3-7(11)5-8(11)4(6)10(3,5)2-17(12,14)15/h3-8H,2H2,1H3. The molecule has 0 amide bonds. The van der Waals surface area contributed by atoms with E-state index in [-0.39, 0.29) is 22.6 Å². The first-order chi connectivity index (χ1) is 7.92. The number of methoxy groups -OCH3 is 1. The average molecular weight is 275 g/mol. The topological polar surface area (TPSA) is 60.4 Å². The molecule has 0 radical (unpaired) electrons. The van der Waals surface area contributed by atoms with Crippen LogP contribution in [0.2, 0.25) is 0 Å². The van der Waals surface area contributed by atoms with Gasteiger partial charge in [-0.1, -0.05) is 0 Å². The molecule has 92 valence electrons.